The lowest BCUT2D eigenvalue weighted by Gasteiger charge is -2.38. The Balaban J connectivity index is 2.64. The van der Waals surface area contributed by atoms with E-state index < -0.39 is 51.8 Å². The molecule has 0 aliphatic heterocycles. The van der Waals surface area contributed by atoms with Gasteiger partial charge in [0.25, 0.3) is 0 Å². The number of carboxylic acid groups (broad SMARTS) is 1. The SMILES string of the molecule is CC(C)(C)OC(=O)C(SSC[C@H](N)C(=O)O)(C(=O)OC(C)(C)C)[C@H](N)C(=O)N(Cc1ccccc1)Cc1ccccc1. The van der Waals surface area contributed by atoms with Crippen molar-refractivity contribution in [3.63, 3.8) is 0 Å². The molecule has 0 unspecified atom stereocenters. The van der Waals surface area contributed by atoms with Crippen LogP contribution in [-0.2, 0) is 41.7 Å². The van der Waals surface area contributed by atoms with Crippen molar-refractivity contribution in [2.24, 2.45) is 11.5 Å². The fourth-order valence-electron chi connectivity index (χ4n) is 3.63. The van der Waals surface area contributed by atoms with Crippen LogP contribution in [0.3, 0.4) is 0 Å². The number of hydrogen-bond donors (Lipinski definition) is 3. The minimum absolute atomic E-state index is 0.142. The van der Waals surface area contributed by atoms with Crippen molar-refractivity contribution in [1.29, 1.82) is 0 Å². The molecule has 2 aromatic rings. The van der Waals surface area contributed by atoms with Gasteiger partial charge in [-0.15, -0.1) is 0 Å². The fraction of sp³-hybridized carbons (Fsp3) is 0.467. The second-order valence-electron chi connectivity index (χ2n) is 11.7. The topological polar surface area (TPSA) is 162 Å². The highest BCUT2D eigenvalue weighted by Gasteiger charge is 2.60. The predicted octanol–water partition coefficient (Wildman–Crippen LogP) is 3.76. The first-order valence-electron chi connectivity index (χ1n) is 13.3. The maximum absolute atomic E-state index is 14.3. The number of amides is 1. The van der Waals surface area contributed by atoms with Gasteiger partial charge in [0.05, 0.1) is 0 Å². The molecule has 2 rings (SSSR count). The molecule has 42 heavy (non-hydrogen) atoms. The van der Waals surface area contributed by atoms with Gasteiger partial charge >= 0.3 is 17.9 Å². The summed E-state index contributed by atoms with van der Waals surface area (Å²) in [5.74, 6) is -4.31. The summed E-state index contributed by atoms with van der Waals surface area (Å²) >= 11 is 0. The molecule has 12 heteroatoms. The first-order valence-corrected chi connectivity index (χ1v) is 15.7. The lowest BCUT2D eigenvalue weighted by Crippen LogP contribution is -2.65. The first kappa shape index (κ1) is 35.1. The van der Waals surface area contributed by atoms with Crippen LogP contribution in [0.25, 0.3) is 0 Å². The summed E-state index contributed by atoms with van der Waals surface area (Å²) in [6.45, 7) is 9.99. The molecule has 0 aliphatic rings. The highest BCUT2D eigenvalue weighted by atomic mass is 33.1. The molecule has 0 saturated carbocycles. The van der Waals surface area contributed by atoms with Crippen LogP contribution >= 0.6 is 21.6 Å². The van der Waals surface area contributed by atoms with E-state index in [-0.39, 0.29) is 18.8 Å². The zero-order valence-electron chi connectivity index (χ0n) is 24.9. The molecule has 0 spiro atoms. The van der Waals surface area contributed by atoms with Crippen molar-refractivity contribution in [3.8, 4) is 0 Å². The Morgan fingerprint density at radius 1 is 0.786 bits per heavy atom. The third kappa shape index (κ3) is 10.3. The lowest BCUT2D eigenvalue weighted by atomic mass is 9.96. The minimum Gasteiger partial charge on any atom is -0.480 e. The van der Waals surface area contributed by atoms with Gasteiger partial charge in [-0.2, -0.15) is 0 Å². The summed E-state index contributed by atoms with van der Waals surface area (Å²) in [4.78, 5) is 55.0. The Morgan fingerprint density at radius 2 is 1.19 bits per heavy atom. The zero-order valence-corrected chi connectivity index (χ0v) is 26.5. The Labute approximate surface area is 255 Å². The number of rotatable bonds is 13. The number of benzene rings is 2. The Hall–Kier alpha value is -3.06. The van der Waals surface area contributed by atoms with Gasteiger partial charge in [0.15, 0.2) is 0 Å². The molecule has 0 saturated heterocycles. The van der Waals surface area contributed by atoms with Crippen LogP contribution in [0, 0.1) is 0 Å². The van der Waals surface area contributed by atoms with E-state index in [1.54, 1.807) is 41.5 Å². The molecular weight excluding hydrogens is 578 g/mol. The molecule has 0 aromatic heterocycles. The monoisotopic (exact) mass is 619 g/mol. The average molecular weight is 620 g/mol. The number of nitrogens with zero attached hydrogens (tertiary/aromatic N) is 1. The number of aliphatic carboxylic acids is 1. The van der Waals surface area contributed by atoms with Gasteiger partial charge in [0, 0.05) is 18.8 Å². The van der Waals surface area contributed by atoms with E-state index in [4.69, 9.17) is 20.9 Å². The Bertz CT molecular complexity index is 1150. The van der Waals surface area contributed by atoms with Crippen molar-refractivity contribution in [3.05, 3.63) is 71.8 Å². The number of carboxylic acids is 1. The fourth-order valence-corrected chi connectivity index (χ4v) is 6.51. The molecule has 5 N–H and O–H groups in total. The summed E-state index contributed by atoms with van der Waals surface area (Å²) in [6.07, 6.45) is 0. The van der Waals surface area contributed by atoms with E-state index in [1.807, 2.05) is 60.7 Å². The predicted molar refractivity (Wildman–Crippen MR) is 165 cm³/mol. The first-order chi connectivity index (χ1) is 19.5. The highest BCUT2D eigenvalue weighted by Crippen LogP contribution is 2.43. The van der Waals surface area contributed by atoms with E-state index in [9.17, 15) is 24.3 Å². The quantitative estimate of drug-likeness (QED) is 0.170. The minimum atomic E-state index is -2.40. The van der Waals surface area contributed by atoms with Crippen LogP contribution in [0.2, 0.25) is 0 Å². The maximum atomic E-state index is 14.3. The molecule has 2 atom stereocenters. The summed E-state index contributed by atoms with van der Waals surface area (Å²) in [7, 11) is 1.46. The van der Waals surface area contributed by atoms with Gasteiger partial charge < -0.3 is 30.9 Å². The molecule has 1 amide bonds. The summed E-state index contributed by atoms with van der Waals surface area (Å²) in [6, 6.07) is 15.4. The van der Waals surface area contributed by atoms with Crippen LogP contribution in [-0.4, -0.2) is 67.6 Å². The largest absolute Gasteiger partial charge is 0.480 e. The van der Waals surface area contributed by atoms with Crippen LogP contribution in [0.5, 0.6) is 0 Å². The van der Waals surface area contributed by atoms with Gasteiger partial charge in [-0.25, -0.2) is 9.59 Å². The molecule has 0 aliphatic carbocycles. The van der Waals surface area contributed by atoms with E-state index in [0.717, 1.165) is 21.9 Å². The van der Waals surface area contributed by atoms with Crippen molar-refractivity contribution in [2.45, 2.75) is 82.7 Å². The Kier molecular flexibility index (Phi) is 12.5. The number of ether oxygens (including phenoxy) is 2. The van der Waals surface area contributed by atoms with E-state index in [2.05, 4.69) is 0 Å². The third-order valence-corrected chi connectivity index (χ3v) is 8.62. The van der Waals surface area contributed by atoms with Gasteiger partial charge in [0.1, 0.15) is 23.3 Å². The number of carbonyl (C=O) groups is 4. The molecule has 10 nitrogen and oxygen atoms in total. The van der Waals surface area contributed by atoms with Crippen LogP contribution in [0.4, 0.5) is 0 Å². The number of nitrogens with two attached hydrogens (primary N) is 2. The number of carbonyl (C=O) groups excluding carboxylic acids is 3. The van der Waals surface area contributed by atoms with Crippen molar-refractivity contribution < 1.29 is 33.8 Å². The number of hydrogen-bond acceptors (Lipinski definition) is 10. The molecule has 0 fully saturated rings. The summed E-state index contributed by atoms with van der Waals surface area (Å²) in [5.41, 5.74) is 11.8. The molecule has 0 bridgehead atoms. The molecule has 0 heterocycles. The maximum Gasteiger partial charge on any atom is 0.337 e. The van der Waals surface area contributed by atoms with Gasteiger partial charge in [-0.05, 0) is 52.7 Å². The van der Waals surface area contributed by atoms with Crippen LogP contribution in [0.15, 0.2) is 60.7 Å². The van der Waals surface area contributed by atoms with Crippen LogP contribution in [0.1, 0.15) is 52.7 Å². The highest BCUT2D eigenvalue weighted by molar-refractivity contribution is 8.77. The number of esters is 2. The standard InChI is InChI=1S/C30H41N3O7S2/c1-28(2,3)39-26(37)30(27(38)40-29(4,5)6,42-41-19-22(31)25(35)36)23(32)24(34)33(17-20-13-9-7-10-14-20)18-21-15-11-8-12-16-21/h7-16,22-23H,17-19,31-32H2,1-6H3,(H,35,36)/t22-,23+/m0/s1. The van der Waals surface area contributed by atoms with Gasteiger partial charge in [-0.1, -0.05) is 82.3 Å². The third-order valence-electron chi connectivity index (χ3n) is 5.61. The van der Waals surface area contributed by atoms with E-state index >= 15 is 0 Å². The second kappa shape index (κ2) is 14.9. The molecule has 2 aromatic carbocycles. The van der Waals surface area contributed by atoms with E-state index in [1.165, 1.54) is 4.90 Å². The second-order valence-corrected chi connectivity index (χ2v) is 14.3. The van der Waals surface area contributed by atoms with Crippen molar-refractivity contribution in [2.75, 3.05) is 5.75 Å². The van der Waals surface area contributed by atoms with Crippen molar-refractivity contribution >= 4 is 45.4 Å². The zero-order chi connectivity index (χ0) is 31.7. The smallest absolute Gasteiger partial charge is 0.337 e. The summed E-state index contributed by atoms with van der Waals surface area (Å²) in [5, 5.41) is 9.27. The summed E-state index contributed by atoms with van der Waals surface area (Å²) < 4.78 is 8.92. The van der Waals surface area contributed by atoms with E-state index in [0.29, 0.717) is 10.8 Å². The van der Waals surface area contributed by atoms with Crippen molar-refractivity contribution in [1.82, 2.24) is 4.90 Å². The van der Waals surface area contributed by atoms with Gasteiger partial charge in [-0.3, -0.25) is 9.59 Å². The Morgan fingerprint density at radius 3 is 1.55 bits per heavy atom. The van der Waals surface area contributed by atoms with Gasteiger partial charge in [0.2, 0.25) is 10.7 Å². The normalized spacial score (nSPS) is 13.5. The van der Waals surface area contributed by atoms with Crippen LogP contribution < -0.4 is 11.5 Å². The molecule has 0 radical (unpaired) electrons. The molecular formula is C30H41N3O7S2. The molecule has 230 valence electrons. The lowest BCUT2D eigenvalue weighted by molar-refractivity contribution is -0.174. The average Bonchev–Trinajstić information content (AvgIpc) is 2.89.